The summed E-state index contributed by atoms with van der Waals surface area (Å²) in [6, 6.07) is 1.74. The lowest BCUT2D eigenvalue weighted by atomic mass is 9.92. The van der Waals surface area contributed by atoms with Crippen LogP contribution in [0, 0.1) is 11.8 Å². The van der Waals surface area contributed by atoms with Crippen LogP contribution in [0.4, 0.5) is 5.82 Å². The Morgan fingerprint density at radius 2 is 2.00 bits per heavy atom. The average Bonchev–Trinajstić information content (AvgIpc) is 2.88. The van der Waals surface area contributed by atoms with Gasteiger partial charge in [-0.25, -0.2) is 0 Å². The molecule has 1 aromatic heterocycles. The number of carbonyl (C=O) groups is 1. The first-order valence-electron chi connectivity index (χ1n) is 8.28. The molecule has 1 N–H and O–H groups in total. The smallest absolute Gasteiger partial charge is 0.310 e. The zero-order chi connectivity index (χ0) is 17.5. The van der Waals surface area contributed by atoms with Crippen molar-refractivity contribution in [1.82, 2.24) is 10.3 Å². The quantitative estimate of drug-likeness (QED) is 0.826. The fourth-order valence-electron chi connectivity index (χ4n) is 3.43. The molecule has 3 rings (SSSR count). The van der Waals surface area contributed by atoms with Gasteiger partial charge < -0.3 is 14.4 Å². The molecule has 1 saturated heterocycles. The standard InChI is InChI=1S/C16H23N3O4S/c1-4-24(21,22)23-16-13-7-17-15(20)12(13)6-14(18-16)19-8-10(2)5-11(3)9-19/h6,10-11H,4-5,7-9H2,1-3H3,(H,17,20). The minimum Gasteiger partial charge on any atom is -0.361 e. The minimum atomic E-state index is -3.70. The van der Waals surface area contributed by atoms with E-state index in [0.29, 0.717) is 28.8 Å². The monoisotopic (exact) mass is 353 g/mol. The fraction of sp³-hybridized carbons (Fsp3) is 0.625. The molecule has 2 aliphatic heterocycles. The maximum absolute atomic E-state index is 12.1. The lowest BCUT2D eigenvalue weighted by Crippen LogP contribution is -2.39. The number of rotatable bonds is 4. The first-order chi connectivity index (χ1) is 11.3. The Hall–Kier alpha value is -1.83. The van der Waals surface area contributed by atoms with Crippen molar-refractivity contribution >= 4 is 21.8 Å². The number of fused-ring (bicyclic) bond motifs is 1. The number of piperidine rings is 1. The average molecular weight is 353 g/mol. The number of anilines is 1. The Morgan fingerprint density at radius 1 is 1.33 bits per heavy atom. The predicted molar refractivity (Wildman–Crippen MR) is 90.7 cm³/mol. The maximum atomic E-state index is 12.1. The van der Waals surface area contributed by atoms with Gasteiger partial charge in [0.05, 0.1) is 11.3 Å². The highest BCUT2D eigenvalue weighted by atomic mass is 32.2. The molecule has 0 aliphatic carbocycles. The van der Waals surface area contributed by atoms with E-state index in [1.165, 1.54) is 6.92 Å². The molecule has 0 aromatic carbocycles. The van der Waals surface area contributed by atoms with Gasteiger partial charge in [0, 0.05) is 25.2 Å². The number of hydrogen-bond acceptors (Lipinski definition) is 6. The molecule has 2 atom stereocenters. The van der Waals surface area contributed by atoms with Gasteiger partial charge in [0.2, 0.25) is 5.88 Å². The van der Waals surface area contributed by atoms with Crippen LogP contribution < -0.4 is 14.4 Å². The first-order valence-corrected chi connectivity index (χ1v) is 9.86. The molecule has 8 heteroatoms. The molecule has 1 amide bonds. The number of carbonyl (C=O) groups excluding carboxylic acids is 1. The largest absolute Gasteiger partial charge is 0.361 e. The molecule has 0 bridgehead atoms. The summed E-state index contributed by atoms with van der Waals surface area (Å²) in [5.41, 5.74) is 0.964. The summed E-state index contributed by atoms with van der Waals surface area (Å²) in [6.07, 6.45) is 1.15. The zero-order valence-corrected chi connectivity index (χ0v) is 15.0. The molecule has 0 spiro atoms. The van der Waals surface area contributed by atoms with Gasteiger partial charge in [-0.3, -0.25) is 4.79 Å². The fourth-order valence-corrected chi connectivity index (χ4v) is 3.93. The van der Waals surface area contributed by atoms with Crippen molar-refractivity contribution in [3.8, 4) is 5.88 Å². The Labute approximate surface area is 142 Å². The van der Waals surface area contributed by atoms with Crippen LogP contribution in [0.5, 0.6) is 5.88 Å². The van der Waals surface area contributed by atoms with Crippen molar-refractivity contribution in [3.05, 3.63) is 17.2 Å². The van der Waals surface area contributed by atoms with E-state index in [-0.39, 0.29) is 24.1 Å². The Kier molecular flexibility index (Phi) is 4.42. The summed E-state index contributed by atoms with van der Waals surface area (Å²) >= 11 is 0. The highest BCUT2D eigenvalue weighted by Crippen LogP contribution is 2.32. The molecule has 1 fully saturated rings. The summed E-state index contributed by atoms with van der Waals surface area (Å²) in [7, 11) is -3.70. The van der Waals surface area contributed by atoms with Gasteiger partial charge in [-0.1, -0.05) is 13.8 Å². The van der Waals surface area contributed by atoms with Gasteiger partial charge in [-0.15, -0.1) is 0 Å². The van der Waals surface area contributed by atoms with Crippen LogP contribution in [0.1, 0.15) is 43.1 Å². The lowest BCUT2D eigenvalue weighted by molar-refractivity contribution is 0.0965. The summed E-state index contributed by atoms with van der Waals surface area (Å²) in [5.74, 6) is 1.29. The normalized spacial score (nSPS) is 23.8. The van der Waals surface area contributed by atoms with E-state index in [1.807, 2.05) is 0 Å². The van der Waals surface area contributed by atoms with E-state index >= 15 is 0 Å². The predicted octanol–water partition coefficient (Wildman–Crippen LogP) is 1.54. The van der Waals surface area contributed by atoms with Gasteiger partial charge in [0.25, 0.3) is 5.91 Å². The Balaban J connectivity index is 2.02. The lowest BCUT2D eigenvalue weighted by Gasteiger charge is -2.36. The van der Waals surface area contributed by atoms with E-state index in [2.05, 4.69) is 29.0 Å². The number of pyridine rings is 1. The molecule has 0 saturated carbocycles. The molecule has 0 radical (unpaired) electrons. The summed E-state index contributed by atoms with van der Waals surface area (Å²) in [5, 5.41) is 2.70. The van der Waals surface area contributed by atoms with Crippen LogP contribution >= 0.6 is 0 Å². The number of aromatic nitrogens is 1. The highest BCUT2D eigenvalue weighted by molar-refractivity contribution is 7.87. The van der Waals surface area contributed by atoms with E-state index in [0.717, 1.165) is 19.5 Å². The van der Waals surface area contributed by atoms with Gasteiger partial charge in [0.1, 0.15) is 5.82 Å². The van der Waals surface area contributed by atoms with Crippen LogP contribution in [0.25, 0.3) is 0 Å². The van der Waals surface area contributed by atoms with Crippen molar-refractivity contribution in [1.29, 1.82) is 0 Å². The Bertz CT molecular complexity index is 753. The number of nitrogens with one attached hydrogen (secondary N) is 1. The Morgan fingerprint density at radius 3 is 2.62 bits per heavy atom. The molecular formula is C16H23N3O4S. The van der Waals surface area contributed by atoms with Gasteiger partial charge >= 0.3 is 10.1 Å². The SMILES string of the molecule is CCS(=O)(=O)Oc1nc(N2CC(C)CC(C)C2)cc2c1CNC2=O. The number of amides is 1. The van der Waals surface area contributed by atoms with Crippen molar-refractivity contribution in [2.75, 3.05) is 23.7 Å². The topological polar surface area (TPSA) is 88.6 Å². The summed E-state index contributed by atoms with van der Waals surface area (Å²) < 4.78 is 28.9. The molecule has 2 aliphatic rings. The summed E-state index contributed by atoms with van der Waals surface area (Å²) in [6.45, 7) is 7.78. The van der Waals surface area contributed by atoms with E-state index in [1.54, 1.807) is 6.07 Å². The number of hydrogen-bond donors (Lipinski definition) is 1. The van der Waals surface area contributed by atoms with Crippen LogP contribution in [0.2, 0.25) is 0 Å². The second-order valence-electron chi connectivity index (χ2n) is 6.78. The molecule has 24 heavy (non-hydrogen) atoms. The second-order valence-corrected chi connectivity index (χ2v) is 8.63. The second kappa shape index (κ2) is 6.23. The van der Waals surface area contributed by atoms with Crippen LogP contribution in [-0.4, -0.2) is 38.2 Å². The van der Waals surface area contributed by atoms with Crippen molar-refractivity contribution in [2.45, 2.75) is 33.7 Å². The third-order valence-corrected chi connectivity index (χ3v) is 5.61. The van der Waals surface area contributed by atoms with E-state index in [4.69, 9.17) is 4.18 Å². The third-order valence-electron chi connectivity index (χ3n) is 4.50. The van der Waals surface area contributed by atoms with Crippen LogP contribution in [0.15, 0.2) is 6.07 Å². The van der Waals surface area contributed by atoms with E-state index < -0.39 is 10.1 Å². The van der Waals surface area contributed by atoms with Crippen molar-refractivity contribution in [2.24, 2.45) is 11.8 Å². The maximum Gasteiger partial charge on any atom is 0.310 e. The molecule has 7 nitrogen and oxygen atoms in total. The zero-order valence-electron chi connectivity index (χ0n) is 14.2. The van der Waals surface area contributed by atoms with Gasteiger partial charge in [0.15, 0.2) is 0 Å². The summed E-state index contributed by atoms with van der Waals surface area (Å²) in [4.78, 5) is 18.6. The molecular weight excluding hydrogens is 330 g/mol. The van der Waals surface area contributed by atoms with Crippen molar-refractivity contribution < 1.29 is 17.4 Å². The highest BCUT2D eigenvalue weighted by Gasteiger charge is 2.30. The number of nitrogens with zero attached hydrogens (tertiary/aromatic N) is 2. The van der Waals surface area contributed by atoms with Crippen LogP contribution in [0.3, 0.4) is 0 Å². The van der Waals surface area contributed by atoms with Crippen molar-refractivity contribution in [3.63, 3.8) is 0 Å². The molecule has 3 heterocycles. The minimum absolute atomic E-state index is 0.0218. The molecule has 1 aromatic rings. The van der Waals surface area contributed by atoms with Crippen LogP contribution in [-0.2, 0) is 16.7 Å². The van der Waals surface area contributed by atoms with E-state index in [9.17, 15) is 13.2 Å². The molecule has 2 unspecified atom stereocenters. The third kappa shape index (κ3) is 3.33. The first kappa shape index (κ1) is 17.0. The van der Waals surface area contributed by atoms with Gasteiger partial charge in [-0.2, -0.15) is 13.4 Å². The molecule has 132 valence electrons. The van der Waals surface area contributed by atoms with Gasteiger partial charge in [-0.05, 0) is 31.2 Å².